The van der Waals surface area contributed by atoms with E-state index in [1.54, 1.807) is 72.8 Å². The molecule has 0 saturated heterocycles. The van der Waals surface area contributed by atoms with E-state index in [0.29, 0.717) is 62.4 Å². The zero-order valence-electron chi connectivity index (χ0n) is 28.3. The van der Waals surface area contributed by atoms with Crippen LogP contribution in [0.3, 0.4) is 0 Å². The van der Waals surface area contributed by atoms with Crippen LogP contribution in [0.4, 0.5) is 11.4 Å². The Bertz CT molecular complexity index is 2670. The maximum atomic E-state index is 13.1. The fourth-order valence-electron chi connectivity index (χ4n) is 5.82. The van der Waals surface area contributed by atoms with E-state index in [9.17, 15) is 29.8 Å². The van der Waals surface area contributed by atoms with E-state index in [1.165, 1.54) is 48.5 Å². The highest BCUT2D eigenvalue weighted by atomic mass is 16.6. The number of nitrogens with zero attached hydrogens (tertiary/aromatic N) is 4. The van der Waals surface area contributed by atoms with E-state index in [-0.39, 0.29) is 23.2 Å². The van der Waals surface area contributed by atoms with Crippen molar-refractivity contribution < 1.29 is 28.2 Å². The lowest BCUT2D eigenvalue weighted by molar-refractivity contribution is -0.385. The minimum atomic E-state index is -0.560. The summed E-state index contributed by atoms with van der Waals surface area (Å²) in [6, 6.07) is 35.5. The number of non-ortho nitro benzene ring substituents is 2. The summed E-state index contributed by atoms with van der Waals surface area (Å²) in [5.74, 6) is 2.08. The summed E-state index contributed by atoms with van der Waals surface area (Å²) in [6.45, 7) is 0. The van der Waals surface area contributed by atoms with Crippen molar-refractivity contribution in [3.63, 3.8) is 0 Å². The Morgan fingerprint density at radius 3 is 1.18 bits per heavy atom. The number of aromatic nitrogens is 2. The van der Waals surface area contributed by atoms with E-state index in [0.717, 1.165) is 11.1 Å². The lowest BCUT2D eigenvalue weighted by Gasteiger charge is -2.08. The monoisotopic (exact) mass is 732 g/mol. The van der Waals surface area contributed by atoms with Gasteiger partial charge in [0.25, 0.3) is 11.4 Å². The van der Waals surface area contributed by atoms with Gasteiger partial charge in [0.15, 0.2) is 0 Å². The molecule has 0 N–H and O–H groups in total. The van der Waals surface area contributed by atoms with E-state index >= 15 is 0 Å². The third-order valence-corrected chi connectivity index (χ3v) is 8.56. The number of hydrogen-bond donors (Lipinski definition) is 0. The molecular formula is C41H24N4O10. The van der Waals surface area contributed by atoms with Crippen molar-refractivity contribution in [2.75, 3.05) is 0 Å². The van der Waals surface area contributed by atoms with Crippen molar-refractivity contribution in [1.29, 1.82) is 0 Å². The van der Waals surface area contributed by atoms with Gasteiger partial charge in [-0.3, -0.25) is 20.2 Å². The smallest absolute Gasteiger partial charge is 0.347 e. The van der Waals surface area contributed by atoms with Gasteiger partial charge in [-0.15, -0.1) is 0 Å². The molecule has 0 fully saturated rings. The molecule has 0 bridgehead atoms. The van der Waals surface area contributed by atoms with Gasteiger partial charge in [0.1, 0.15) is 23.0 Å². The zero-order valence-corrected chi connectivity index (χ0v) is 28.3. The number of hydrogen-bond acceptors (Lipinski definition) is 12. The first kappa shape index (κ1) is 34.1. The number of fused-ring (bicyclic) bond motifs is 2. The van der Waals surface area contributed by atoms with Crippen LogP contribution in [0.15, 0.2) is 152 Å². The Morgan fingerprint density at radius 2 is 0.836 bits per heavy atom. The molecule has 0 atom stereocenters. The summed E-state index contributed by atoms with van der Waals surface area (Å²) in [7, 11) is 0. The van der Waals surface area contributed by atoms with Crippen molar-refractivity contribution in [1.82, 2.24) is 9.97 Å². The summed E-state index contributed by atoms with van der Waals surface area (Å²) < 4.78 is 22.7. The van der Waals surface area contributed by atoms with E-state index in [4.69, 9.17) is 18.3 Å². The summed E-state index contributed by atoms with van der Waals surface area (Å²) in [5.41, 5.74) is 2.39. The lowest BCUT2D eigenvalue weighted by Crippen LogP contribution is -2.05. The van der Waals surface area contributed by atoms with Crippen LogP contribution in [-0.4, -0.2) is 19.8 Å². The number of nitro groups is 2. The minimum absolute atomic E-state index is 0.0410. The highest BCUT2D eigenvalue weighted by Gasteiger charge is 2.14. The third kappa shape index (κ3) is 7.36. The van der Waals surface area contributed by atoms with Crippen LogP contribution >= 0.6 is 0 Å². The molecule has 0 radical (unpaired) electrons. The molecule has 14 heteroatoms. The van der Waals surface area contributed by atoms with Crippen LogP contribution in [0, 0.1) is 20.2 Å². The van der Waals surface area contributed by atoms with Gasteiger partial charge >= 0.3 is 11.3 Å². The van der Waals surface area contributed by atoms with Gasteiger partial charge < -0.3 is 18.3 Å². The van der Waals surface area contributed by atoms with E-state index in [2.05, 4.69) is 9.97 Å². The first-order valence-corrected chi connectivity index (χ1v) is 16.6. The average molecular weight is 733 g/mol. The van der Waals surface area contributed by atoms with Crippen LogP contribution in [0.25, 0.3) is 44.7 Å². The second-order valence-corrected chi connectivity index (χ2v) is 12.2. The highest BCUT2D eigenvalue weighted by molar-refractivity contribution is 5.81. The van der Waals surface area contributed by atoms with Gasteiger partial charge in [-0.25, -0.2) is 19.6 Å². The molecule has 0 aliphatic rings. The largest absolute Gasteiger partial charge is 0.457 e. The lowest BCUT2D eigenvalue weighted by atomic mass is 10.0. The Kier molecular flexibility index (Phi) is 8.80. The number of ether oxygens (including phenoxy) is 2. The number of rotatable bonds is 10. The van der Waals surface area contributed by atoms with Crippen LogP contribution in [0.2, 0.25) is 0 Å². The Morgan fingerprint density at radius 1 is 0.491 bits per heavy atom. The molecule has 268 valence electrons. The quantitative estimate of drug-likeness (QED) is 0.0959. The fraction of sp³-hybridized carbons (Fsp3) is 0.0244. The van der Waals surface area contributed by atoms with Crippen molar-refractivity contribution in [3.05, 3.63) is 186 Å². The Balaban J connectivity index is 0.956. The molecular weight excluding hydrogens is 708 g/mol. The molecule has 8 rings (SSSR count). The van der Waals surface area contributed by atoms with Gasteiger partial charge in [0.2, 0.25) is 11.8 Å². The molecule has 0 unspecified atom stereocenters. The second-order valence-electron chi connectivity index (χ2n) is 12.2. The molecule has 2 heterocycles. The molecule has 0 amide bonds. The van der Waals surface area contributed by atoms with Crippen LogP contribution < -0.4 is 20.7 Å². The van der Waals surface area contributed by atoms with Crippen molar-refractivity contribution in [2.45, 2.75) is 6.42 Å². The summed E-state index contributed by atoms with van der Waals surface area (Å²) >= 11 is 0. The van der Waals surface area contributed by atoms with Gasteiger partial charge in [0.05, 0.1) is 31.7 Å². The first-order valence-electron chi connectivity index (χ1n) is 16.6. The number of benzene rings is 6. The molecule has 6 aromatic carbocycles. The molecule has 8 aromatic rings. The Hall–Kier alpha value is -8.00. The standard InChI is InChI=1S/C41H24N4O10/c46-40-34-22-24(1-19-36(34)42-38(54-40)26-3-11-30(12-4-26)52-32-15-7-28(8-16-32)44(48)49)21-25-2-20-37-35(23-25)41(47)55-39(43-37)27-5-13-31(14-6-27)53-33-17-9-29(10-18-33)45(50)51/h1-20,22-23H,21H2. The van der Waals surface area contributed by atoms with Crippen molar-refractivity contribution >= 4 is 33.2 Å². The summed E-state index contributed by atoms with van der Waals surface area (Å²) in [6.07, 6.45) is 0.403. The van der Waals surface area contributed by atoms with E-state index < -0.39 is 21.1 Å². The van der Waals surface area contributed by atoms with Gasteiger partial charge in [0, 0.05) is 35.4 Å². The van der Waals surface area contributed by atoms with E-state index in [1.807, 2.05) is 12.1 Å². The normalized spacial score (nSPS) is 11.1. The average Bonchev–Trinajstić information content (AvgIpc) is 3.19. The Labute approximate surface area is 308 Å². The van der Waals surface area contributed by atoms with Crippen molar-refractivity contribution in [2.24, 2.45) is 0 Å². The predicted molar refractivity (Wildman–Crippen MR) is 201 cm³/mol. The number of nitro benzene ring substituents is 2. The van der Waals surface area contributed by atoms with Gasteiger partial charge in [-0.05, 0) is 115 Å². The molecule has 0 aliphatic heterocycles. The van der Waals surface area contributed by atoms with Crippen LogP contribution in [-0.2, 0) is 6.42 Å². The van der Waals surface area contributed by atoms with Gasteiger partial charge in [-0.2, -0.15) is 0 Å². The summed E-state index contributed by atoms with van der Waals surface area (Å²) in [5, 5.41) is 22.4. The molecule has 0 saturated carbocycles. The van der Waals surface area contributed by atoms with Crippen LogP contribution in [0.5, 0.6) is 23.0 Å². The first-order chi connectivity index (χ1) is 26.6. The SMILES string of the molecule is O=c1oc(-c2ccc(Oc3ccc([N+](=O)[O-])cc3)cc2)nc2ccc(Cc3ccc4nc(-c5ccc(Oc6ccc([N+](=O)[O-])cc6)cc5)oc(=O)c4c3)cc12. The second kappa shape index (κ2) is 14.2. The molecule has 0 spiro atoms. The highest BCUT2D eigenvalue weighted by Crippen LogP contribution is 2.29. The molecule has 0 aliphatic carbocycles. The predicted octanol–water partition coefficient (Wildman–Crippen LogP) is 9.02. The molecule has 2 aromatic heterocycles. The van der Waals surface area contributed by atoms with Crippen molar-refractivity contribution in [3.8, 4) is 45.9 Å². The fourth-order valence-corrected chi connectivity index (χ4v) is 5.82. The maximum Gasteiger partial charge on any atom is 0.347 e. The topological polar surface area (TPSA) is 191 Å². The third-order valence-electron chi connectivity index (χ3n) is 8.56. The zero-order chi connectivity index (χ0) is 38.1. The maximum absolute atomic E-state index is 13.1. The molecule has 55 heavy (non-hydrogen) atoms. The molecule has 14 nitrogen and oxygen atoms in total. The van der Waals surface area contributed by atoms with Gasteiger partial charge in [-0.1, -0.05) is 12.1 Å². The van der Waals surface area contributed by atoms with Crippen LogP contribution in [0.1, 0.15) is 11.1 Å². The minimum Gasteiger partial charge on any atom is -0.457 e. The summed E-state index contributed by atoms with van der Waals surface area (Å²) in [4.78, 5) is 56.1.